The number of hydrogen-bond acceptors (Lipinski definition) is 6. The molecular weight excluding hydrogens is 670 g/mol. The number of ether oxygens (including phenoxy) is 1. The van der Waals surface area contributed by atoms with E-state index in [1.807, 2.05) is 4.90 Å². The van der Waals surface area contributed by atoms with Crippen LogP contribution < -0.4 is 10.6 Å². The average molecular weight is 738 g/mol. The lowest BCUT2D eigenvalue weighted by molar-refractivity contribution is -0.232. The summed E-state index contributed by atoms with van der Waals surface area (Å²) in [4.78, 5) is 66.3. The molecule has 6 aliphatic rings. The van der Waals surface area contributed by atoms with E-state index in [4.69, 9.17) is 4.74 Å². The molecule has 296 valence electrons. The van der Waals surface area contributed by atoms with E-state index in [9.17, 15) is 29.1 Å². The number of aliphatic carboxylic acids is 1. The highest BCUT2D eigenvalue weighted by molar-refractivity contribution is 6.02. The van der Waals surface area contributed by atoms with Gasteiger partial charge >= 0.3 is 18.0 Å². The number of hydrogen-bond donors (Lipinski definition) is 3. The van der Waals surface area contributed by atoms with Crippen LogP contribution in [0.2, 0.25) is 0 Å². The summed E-state index contributed by atoms with van der Waals surface area (Å²) in [5.41, 5.74) is 0.0432. The van der Waals surface area contributed by atoms with Crippen molar-refractivity contribution in [2.75, 3.05) is 13.1 Å². The van der Waals surface area contributed by atoms with E-state index in [2.05, 4.69) is 59.1 Å². The van der Waals surface area contributed by atoms with Gasteiger partial charge in [-0.2, -0.15) is 0 Å². The summed E-state index contributed by atoms with van der Waals surface area (Å²) in [6, 6.07) is -0.209. The molecule has 0 aromatic heterocycles. The Labute approximate surface area is 317 Å². The third-order valence-corrected chi connectivity index (χ3v) is 16.4. The zero-order valence-electron chi connectivity index (χ0n) is 34.2. The first-order valence-electron chi connectivity index (χ1n) is 20.6. The van der Waals surface area contributed by atoms with Crippen LogP contribution in [-0.4, -0.2) is 70.4 Å². The molecule has 1 aliphatic heterocycles. The molecule has 8 atom stereocenters. The van der Waals surface area contributed by atoms with Crippen LogP contribution >= 0.6 is 0 Å². The molecule has 4 saturated carbocycles. The summed E-state index contributed by atoms with van der Waals surface area (Å²) in [7, 11) is 0. The molecule has 5 aliphatic carbocycles. The van der Waals surface area contributed by atoms with Gasteiger partial charge < -0.3 is 25.4 Å². The maximum atomic E-state index is 14.0. The van der Waals surface area contributed by atoms with Gasteiger partial charge in [0, 0.05) is 37.9 Å². The van der Waals surface area contributed by atoms with Gasteiger partial charge in [0.25, 0.3) is 0 Å². The monoisotopic (exact) mass is 737 g/mol. The Kier molecular flexibility index (Phi) is 10.0. The third-order valence-electron chi connectivity index (χ3n) is 16.4. The Balaban J connectivity index is 1.24. The van der Waals surface area contributed by atoms with Crippen LogP contribution in [0.3, 0.4) is 0 Å². The Morgan fingerprint density at radius 1 is 0.887 bits per heavy atom. The minimum atomic E-state index is -1.17. The highest BCUT2D eigenvalue weighted by atomic mass is 16.5. The SMILES string of the molecule is CC(=O)N1CCC(NC(=O)N[C@@]23CC[C@]4(C)[C@H](CC[C@@H]5[C@@]6(C)CC[C@H](OC(=O)CC(C)(C)C(=O)O)C(C)(C)[C@@H]6CC[C@]54C)C2=C(C(C)C)C(=O)C3)CC1. The van der Waals surface area contributed by atoms with E-state index in [0.717, 1.165) is 69.8 Å². The number of rotatable bonds is 7. The number of carboxylic acids is 1. The quantitative estimate of drug-likeness (QED) is 0.231. The van der Waals surface area contributed by atoms with Gasteiger partial charge in [-0.25, -0.2) is 4.79 Å². The molecule has 3 amide bonds. The van der Waals surface area contributed by atoms with E-state index < -0.39 is 22.9 Å². The smallest absolute Gasteiger partial charge is 0.315 e. The highest BCUT2D eigenvalue weighted by Crippen LogP contribution is 2.76. The number of carboxylic acid groups (broad SMARTS) is 1. The van der Waals surface area contributed by atoms with Crippen molar-refractivity contribution >= 4 is 29.7 Å². The predicted molar refractivity (Wildman–Crippen MR) is 203 cm³/mol. The lowest BCUT2D eigenvalue weighted by Crippen LogP contribution is -2.67. The Morgan fingerprint density at radius 2 is 1.55 bits per heavy atom. The van der Waals surface area contributed by atoms with Gasteiger partial charge in [-0.15, -0.1) is 0 Å². The maximum absolute atomic E-state index is 14.0. The lowest BCUT2D eigenvalue weighted by Gasteiger charge is -2.72. The second kappa shape index (κ2) is 13.4. The average Bonchev–Trinajstić information content (AvgIpc) is 3.34. The van der Waals surface area contributed by atoms with E-state index >= 15 is 0 Å². The number of urea groups is 1. The van der Waals surface area contributed by atoms with Gasteiger partial charge in [0.2, 0.25) is 5.91 Å². The van der Waals surface area contributed by atoms with Crippen LogP contribution in [0.1, 0.15) is 146 Å². The lowest BCUT2D eigenvalue weighted by atomic mass is 9.33. The van der Waals surface area contributed by atoms with Gasteiger partial charge in [-0.1, -0.05) is 48.5 Å². The van der Waals surface area contributed by atoms with Crippen LogP contribution in [0.5, 0.6) is 0 Å². The number of carbonyl (C=O) groups is 5. The maximum Gasteiger partial charge on any atom is 0.315 e. The second-order valence-electron chi connectivity index (χ2n) is 20.4. The van der Waals surface area contributed by atoms with Gasteiger partial charge in [-0.05, 0) is 129 Å². The van der Waals surface area contributed by atoms with Gasteiger partial charge in [0.05, 0.1) is 17.4 Å². The zero-order chi connectivity index (χ0) is 39.1. The van der Waals surface area contributed by atoms with Crippen molar-refractivity contribution in [3.63, 3.8) is 0 Å². The van der Waals surface area contributed by atoms with Crippen molar-refractivity contribution in [3.8, 4) is 0 Å². The van der Waals surface area contributed by atoms with E-state index in [1.54, 1.807) is 20.8 Å². The molecular formula is C43H67N3O7. The molecule has 3 N–H and O–H groups in total. The Bertz CT molecular complexity index is 1570. The van der Waals surface area contributed by atoms with Crippen molar-refractivity contribution in [1.82, 2.24) is 15.5 Å². The molecule has 6 rings (SSSR count). The fourth-order valence-corrected chi connectivity index (χ4v) is 13.4. The zero-order valence-corrected chi connectivity index (χ0v) is 34.2. The van der Waals surface area contributed by atoms with Crippen LogP contribution in [0.25, 0.3) is 0 Å². The van der Waals surface area contributed by atoms with Gasteiger partial charge in [0.1, 0.15) is 6.10 Å². The number of ketones is 1. The molecule has 0 unspecified atom stereocenters. The topological polar surface area (TPSA) is 142 Å². The number of nitrogens with one attached hydrogen (secondary N) is 2. The van der Waals surface area contributed by atoms with E-state index in [-0.39, 0.29) is 69.8 Å². The van der Waals surface area contributed by atoms with Crippen molar-refractivity contribution in [2.24, 2.45) is 50.7 Å². The number of Topliss-reactive ketones (excluding diaryl/α,β-unsaturated/α-hetero) is 1. The van der Waals surface area contributed by atoms with Crippen LogP contribution in [-0.2, 0) is 23.9 Å². The third kappa shape index (κ3) is 6.33. The number of allylic oxidation sites excluding steroid dienone is 1. The summed E-state index contributed by atoms with van der Waals surface area (Å²) >= 11 is 0. The summed E-state index contributed by atoms with van der Waals surface area (Å²) in [5, 5.41) is 16.3. The minimum Gasteiger partial charge on any atom is -0.481 e. The Morgan fingerprint density at radius 3 is 2.15 bits per heavy atom. The molecule has 10 nitrogen and oxygen atoms in total. The van der Waals surface area contributed by atoms with E-state index in [1.165, 1.54) is 5.57 Å². The summed E-state index contributed by atoms with van der Waals surface area (Å²) in [5.74, 6) is -0.106. The number of nitrogens with zero attached hydrogens (tertiary/aromatic N) is 1. The number of likely N-dealkylation sites (tertiary alicyclic amines) is 1. The first-order valence-corrected chi connectivity index (χ1v) is 20.6. The van der Waals surface area contributed by atoms with Crippen LogP contribution in [0.15, 0.2) is 11.1 Å². The fraction of sp³-hybridized carbons (Fsp3) is 0.837. The van der Waals surface area contributed by atoms with Crippen molar-refractivity contribution in [1.29, 1.82) is 0 Å². The molecule has 1 saturated heterocycles. The predicted octanol–water partition coefficient (Wildman–Crippen LogP) is 7.44. The normalized spacial score (nSPS) is 38.3. The van der Waals surface area contributed by atoms with Gasteiger partial charge in [0.15, 0.2) is 5.78 Å². The summed E-state index contributed by atoms with van der Waals surface area (Å²) < 4.78 is 6.15. The molecule has 0 spiro atoms. The minimum absolute atomic E-state index is 0.00492. The molecule has 0 aromatic carbocycles. The highest BCUT2D eigenvalue weighted by Gasteiger charge is 2.70. The Hall–Kier alpha value is -2.91. The molecule has 0 aromatic rings. The van der Waals surface area contributed by atoms with Crippen LogP contribution in [0.4, 0.5) is 4.79 Å². The second-order valence-corrected chi connectivity index (χ2v) is 20.4. The molecule has 1 heterocycles. The van der Waals surface area contributed by atoms with Crippen LogP contribution in [0, 0.1) is 50.7 Å². The summed E-state index contributed by atoms with van der Waals surface area (Å²) in [6.45, 7) is 22.3. The first-order chi connectivity index (χ1) is 24.5. The van der Waals surface area contributed by atoms with E-state index in [0.29, 0.717) is 31.3 Å². The van der Waals surface area contributed by atoms with Crippen molar-refractivity contribution in [2.45, 2.75) is 164 Å². The van der Waals surface area contributed by atoms with Crippen molar-refractivity contribution < 1.29 is 33.8 Å². The van der Waals surface area contributed by atoms with Gasteiger partial charge in [-0.3, -0.25) is 19.2 Å². The number of carbonyl (C=O) groups excluding carboxylic acids is 4. The summed E-state index contributed by atoms with van der Waals surface area (Å²) in [6.07, 6.45) is 8.89. The molecule has 53 heavy (non-hydrogen) atoms. The molecule has 0 radical (unpaired) electrons. The first kappa shape index (κ1) is 39.8. The molecule has 5 fully saturated rings. The number of esters is 1. The van der Waals surface area contributed by atoms with Crippen molar-refractivity contribution in [3.05, 3.63) is 11.1 Å². The number of amides is 3. The number of fused-ring (bicyclic) bond motifs is 7. The molecule has 10 heteroatoms. The number of piperidine rings is 1. The largest absolute Gasteiger partial charge is 0.481 e. The molecule has 0 bridgehead atoms. The fourth-order valence-electron chi connectivity index (χ4n) is 13.4. The standard InChI is InChI=1S/C43H67N3O7/c1-25(2)34-29(48)23-43(45-37(52)44-27-15-21-46(22-16-27)26(3)47)20-19-41(9)28(35(34)43)11-12-31-40(8)17-14-32(53-33(49)24-38(4,5)36(50)51)39(6,7)30(40)13-18-42(31,41)10/h25,27-28,30-32H,11-24H2,1-10H3,(H,50,51)(H2,44,45,52)/t28-,30+,31-,32+,40+,41-,42-,43-/m1/s1.